The Kier molecular flexibility index (Phi) is 3.49. The van der Waals surface area contributed by atoms with Crippen LogP contribution in [0, 0.1) is 6.92 Å². The van der Waals surface area contributed by atoms with Gasteiger partial charge in [-0.15, -0.1) is 0 Å². The summed E-state index contributed by atoms with van der Waals surface area (Å²) in [5.74, 6) is 0. The molecule has 0 atom stereocenters. The molecule has 0 radical (unpaired) electrons. The molecule has 0 aliphatic carbocycles. The van der Waals surface area contributed by atoms with Crippen LogP contribution in [0.3, 0.4) is 0 Å². The quantitative estimate of drug-likeness (QED) is 0.389. The fourth-order valence-electron chi connectivity index (χ4n) is 3.31. The average Bonchev–Trinajstić information content (AvgIpc) is 2.95. The van der Waals surface area contributed by atoms with Gasteiger partial charge in [-0.05, 0) is 44.0 Å². The third kappa shape index (κ3) is 2.46. The second-order valence-corrected chi connectivity index (χ2v) is 6.29. The van der Waals surface area contributed by atoms with Gasteiger partial charge in [-0.3, -0.25) is 0 Å². The molecule has 4 rings (SSSR count). The lowest BCUT2D eigenvalue weighted by molar-refractivity contribution is 0.691. The van der Waals surface area contributed by atoms with E-state index < -0.39 is 0 Å². The van der Waals surface area contributed by atoms with Crippen LogP contribution in [0.15, 0.2) is 42.5 Å². The van der Waals surface area contributed by atoms with Gasteiger partial charge in [-0.25, -0.2) is 9.50 Å². The van der Waals surface area contributed by atoms with E-state index in [-0.39, 0.29) is 0 Å². The molecule has 3 heteroatoms. The molecule has 0 unspecified atom stereocenters. The van der Waals surface area contributed by atoms with Crippen molar-refractivity contribution in [1.82, 2.24) is 14.6 Å². The molecule has 0 fully saturated rings. The second-order valence-electron chi connectivity index (χ2n) is 6.29. The highest BCUT2D eigenvalue weighted by Crippen LogP contribution is 2.26. The number of pyridine rings is 2. The molecule has 0 saturated heterocycles. The zero-order valence-electron chi connectivity index (χ0n) is 13.7. The number of benzene rings is 1. The number of nitrogens with zero attached hydrogens (tertiary/aromatic N) is 3. The number of para-hydroxylation sites is 1. The Morgan fingerprint density at radius 2 is 1.87 bits per heavy atom. The van der Waals surface area contributed by atoms with Crippen molar-refractivity contribution in [3.63, 3.8) is 0 Å². The van der Waals surface area contributed by atoms with Crippen molar-refractivity contribution < 1.29 is 0 Å². The molecule has 3 aromatic heterocycles. The number of fused-ring (bicyclic) bond motifs is 4. The molecular weight excluding hydrogens is 282 g/mol. The maximum absolute atomic E-state index is 4.88. The van der Waals surface area contributed by atoms with Crippen LogP contribution in [0.1, 0.15) is 37.6 Å². The standard InChI is InChI=1S/C20H21N3/c1-3-4-5-9-16-13-19-17(20-11-14(2)22-23(16)20)12-15-8-6-7-10-18(15)21-19/h6-8,10-13H,3-5,9H2,1-2H3. The van der Waals surface area contributed by atoms with Crippen molar-refractivity contribution in [2.45, 2.75) is 39.5 Å². The highest BCUT2D eigenvalue weighted by molar-refractivity contribution is 6.01. The highest BCUT2D eigenvalue weighted by Gasteiger charge is 2.11. The van der Waals surface area contributed by atoms with Gasteiger partial charge in [-0.1, -0.05) is 38.0 Å². The van der Waals surface area contributed by atoms with E-state index in [4.69, 9.17) is 10.1 Å². The van der Waals surface area contributed by atoms with Gasteiger partial charge >= 0.3 is 0 Å². The van der Waals surface area contributed by atoms with Crippen LogP contribution in [0.4, 0.5) is 0 Å². The van der Waals surface area contributed by atoms with Gasteiger partial charge in [0.2, 0.25) is 0 Å². The molecule has 0 saturated carbocycles. The molecule has 3 nitrogen and oxygen atoms in total. The minimum atomic E-state index is 1.05. The maximum atomic E-state index is 4.88. The van der Waals surface area contributed by atoms with Crippen molar-refractivity contribution in [1.29, 1.82) is 0 Å². The monoisotopic (exact) mass is 303 g/mol. The SMILES string of the molecule is CCCCCc1cc2nc3ccccc3cc2c2cc(C)nn12. The van der Waals surface area contributed by atoms with E-state index in [2.05, 4.69) is 54.8 Å². The minimum Gasteiger partial charge on any atom is -0.248 e. The lowest BCUT2D eigenvalue weighted by atomic mass is 10.1. The van der Waals surface area contributed by atoms with Gasteiger partial charge in [0.1, 0.15) is 0 Å². The zero-order chi connectivity index (χ0) is 15.8. The Morgan fingerprint density at radius 1 is 1.00 bits per heavy atom. The molecule has 0 bridgehead atoms. The van der Waals surface area contributed by atoms with Crippen molar-refractivity contribution in [3.8, 4) is 0 Å². The first-order valence-electron chi connectivity index (χ1n) is 8.44. The molecule has 23 heavy (non-hydrogen) atoms. The molecule has 0 aliphatic rings. The van der Waals surface area contributed by atoms with Crippen LogP contribution in [0.2, 0.25) is 0 Å². The van der Waals surface area contributed by atoms with Gasteiger partial charge in [-0.2, -0.15) is 5.10 Å². The Hall–Kier alpha value is -2.42. The van der Waals surface area contributed by atoms with E-state index in [0.29, 0.717) is 0 Å². The zero-order valence-corrected chi connectivity index (χ0v) is 13.7. The van der Waals surface area contributed by atoms with Gasteiger partial charge in [0.05, 0.1) is 22.2 Å². The Morgan fingerprint density at radius 3 is 2.74 bits per heavy atom. The largest absolute Gasteiger partial charge is 0.248 e. The Labute approximate surface area is 136 Å². The number of rotatable bonds is 4. The highest BCUT2D eigenvalue weighted by atomic mass is 15.2. The molecule has 0 spiro atoms. The first-order valence-corrected chi connectivity index (χ1v) is 8.44. The summed E-state index contributed by atoms with van der Waals surface area (Å²) in [6, 6.07) is 14.9. The smallest absolute Gasteiger partial charge is 0.0761 e. The minimum absolute atomic E-state index is 1.05. The molecule has 1 aromatic carbocycles. The van der Waals surface area contributed by atoms with E-state index in [1.165, 1.54) is 41.2 Å². The van der Waals surface area contributed by atoms with Crippen molar-refractivity contribution in [2.75, 3.05) is 0 Å². The predicted molar refractivity (Wildman–Crippen MR) is 96.0 cm³/mol. The molecular formula is C20H21N3. The third-order valence-corrected chi connectivity index (χ3v) is 4.47. The van der Waals surface area contributed by atoms with Gasteiger partial charge < -0.3 is 0 Å². The predicted octanol–water partition coefficient (Wildman–Crippen LogP) is 5.08. The average molecular weight is 303 g/mol. The fraction of sp³-hybridized carbons (Fsp3) is 0.300. The summed E-state index contributed by atoms with van der Waals surface area (Å²) >= 11 is 0. The first-order chi connectivity index (χ1) is 11.3. The summed E-state index contributed by atoms with van der Waals surface area (Å²) in [6.07, 6.45) is 4.74. The Bertz CT molecular complexity index is 998. The van der Waals surface area contributed by atoms with Gasteiger partial charge in [0.25, 0.3) is 0 Å². The second kappa shape index (κ2) is 5.65. The van der Waals surface area contributed by atoms with Crippen molar-refractivity contribution >= 4 is 27.3 Å². The van der Waals surface area contributed by atoms with Crippen molar-refractivity contribution in [2.24, 2.45) is 0 Å². The van der Waals surface area contributed by atoms with E-state index >= 15 is 0 Å². The van der Waals surface area contributed by atoms with Crippen LogP contribution in [0.25, 0.3) is 27.3 Å². The number of aromatic nitrogens is 3. The van der Waals surface area contributed by atoms with Crippen LogP contribution >= 0.6 is 0 Å². The molecule has 0 N–H and O–H groups in total. The van der Waals surface area contributed by atoms with Crippen LogP contribution in [-0.2, 0) is 6.42 Å². The summed E-state index contributed by atoms with van der Waals surface area (Å²) in [7, 11) is 0. The fourth-order valence-corrected chi connectivity index (χ4v) is 3.31. The van der Waals surface area contributed by atoms with E-state index in [0.717, 1.165) is 23.1 Å². The maximum Gasteiger partial charge on any atom is 0.0761 e. The Balaban J connectivity index is 1.99. The number of unbranched alkanes of at least 4 members (excludes halogenated alkanes) is 2. The van der Waals surface area contributed by atoms with Crippen LogP contribution < -0.4 is 0 Å². The first kappa shape index (κ1) is 14.2. The normalized spacial score (nSPS) is 11.7. The molecule has 3 heterocycles. The van der Waals surface area contributed by atoms with E-state index in [9.17, 15) is 0 Å². The molecule has 116 valence electrons. The lowest BCUT2D eigenvalue weighted by Crippen LogP contribution is -2.00. The van der Waals surface area contributed by atoms with Gasteiger partial charge in [0.15, 0.2) is 0 Å². The van der Waals surface area contributed by atoms with E-state index in [1.54, 1.807) is 0 Å². The number of hydrogen-bond acceptors (Lipinski definition) is 2. The molecule has 0 aliphatic heterocycles. The summed E-state index contributed by atoms with van der Waals surface area (Å²) < 4.78 is 2.11. The van der Waals surface area contributed by atoms with Crippen LogP contribution in [0.5, 0.6) is 0 Å². The summed E-state index contributed by atoms with van der Waals surface area (Å²) in [4.78, 5) is 4.88. The molecule has 0 amide bonds. The summed E-state index contributed by atoms with van der Waals surface area (Å²) in [5.41, 5.74) is 5.62. The number of hydrogen-bond donors (Lipinski definition) is 0. The van der Waals surface area contributed by atoms with Gasteiger partial charge in [0, 0.05) is 16.5 Å². The van der Waals surface area contributed by atoms with Crippen molar-refractivity contribution in [3.05, 3.63) is 53.9 Å². The van der Waals surface area contributed by atoms with Crippen LogP contribution in [-0.4, -0.2) is 14.6 Å². The molecule has 4 aromatic rings. The summed E-state index contributed by atoms with van der Waals surface area (Å²) in [5, 5.41) is 7.07. The van der Waals surface area contributed by atoms with E-state index in [1.807, 2.05) is 6.07 Å². The summed E-state index contributed by atoms with van der Waals surface area (Å²) in [6.45, 7) is 4.30. The third-order valence-electron chi connectivity index (χ3n) is 4.47. The lowest BCUT2D eigenvalue weighted by Gasteiger charge is -2.09. The topological polar surface area (TPSA) is 30.2 Å². The number of aryl methyl sites for hydroxylation is 2.